The van der Waals surface area contributed by atoms with Gasteiger partial charge in [-0.15, -0.1) is 0 Å². The summed E-state index contributed by atoms with van der Waals surface area (Å²) in [5, 5.41) is 6.81. The highest BCUT2D eigenvalue weighted by Crippen LogP contribution is 2.39. The third-order valence-corrected chi connectivity index (χ3v) is 7.91. The average Bonchev–Trinajstić information content (AvgIpc) is 3.55. The molecule has 5 nitrogen and oxygen atoms in total. The lowest BCUT2D eigenvalue weighted by Gasteiger charge is -2.14. The molecule has 0 saturated heterocycles. The molecule has 36 heavy (non-hydrogen) atoms. The summed E-state index contributed by atoms with van der Waals surface area (Å²) in [6.45, 7) is 0.715. The van der Waals surface area contributed by atoms with Gasteiger partial charge in [0.05, 0.1) is 10.9 Å². The number of aryl methyl sites for hydroxylation is 1. The smallest absolute Gasteiger partial charge is 0.145 e. The van der Waals surface area contributed by atoms with Gasteiger partial charge >= 0.3 is 0 Å². The zero-order valence-corrected chi connectivity index (χ0v) is 21.4. The molecule has 0 unspecified atom stereocenters. The first-order valence-electron chi connectivity index (χ1n) is 12.5. The van der Waals surface area contributed by atoms with E-state index < -0.39 is 0 Å². The Bertz CT molecular complexity index is 1510. The van der Waals surface area contributed by atoms with E-state index in [9.17, 15) is 0 Å². The van der Waals surface area contributed by atoms with Crippen LogP contribution >= 0.6 is 23.2 Å². The van der Waals surface area contributed by atoms with Crippen LogP contribution in [0.1, 0.15) is 42.9 Å². The lowest BCUT2D eigenvalue weighted by atomic mass is 9.97. The van der Waals surface area contributed by atoms with E-state index in [0.717, 1.165) is 39.2 Å². The van der Waals surface area contributed by atoms with Gasteiger partial charge < -0.3 is 9.88 Å². The van der Waals surface area contributed by atoms with Crippen molar-refractivity contribution in [1.82, 2.24) is 19.5 Å². The van der Waals surface area contributed by atoms with E-state index in [1.54, 1.807) is 6.33 Å². The van der Waals surface area contributed by atoms with Crippen molar-refractivity contribution < 1.29 is 0 Å². The van der Waals surface area contributed by atoms with Gasteiger partial charge in [0.25, 0.3) is 0 Å². The van der Waals surface area contributed by atoms with Gasteiger partial charge in [0.2, 0.25) is 0 Å². The maximum absolute atomic E-state index is 6.25. The van der Waals surface area contributed by atoms with Crippen LogP contribution in [0.5, 0.6) is 0 Å². The van der Waals surface area contributed by atoms with E-state index in [0.29, 0.717) is 23.7 Å². The monoisotopic (exact) mass is 515 g/mol. The van der Waals surface area contributed by atoms with Crippen molar-refractivity contribution in [3.05, 3.63) is 94.5 Å². The number of pyridine rings is 1. The Kier molecular flexibility index (Phi) is 6.51. The van der Waals surface area contributed by atoms with Crippen LogP contribution in [0.25, 0.3) is 21.9 Å². The second-order valence-electron chi connectivity index (χ2n) is 9.70. The maximum atomic E-state index is 6.25. The summed E-state index contributed by atoms with van der Waals surface area (Å²) in [5.41, 5.74) is 4.50. The van der Waals surface area contributed by atoms with Gasteiger partial charge in [0.1, 0.15) is 22.9 Å². The molecule has 2 aromatic carbocycles. The number of benzene rings is 2. The molecule has 1 N–H and O–H groups in total. The molecule has 0 bridgehead atoms. The third-order valence-electron chi connectivity index (χ3n) is 7.35. The van der Waals surface area contributed by atoms with E-state index in [1.807, 2.05) is 36.4 Å². The van der Waals surface area contributed by atoms with Crippen molar-refractivity contribution in [2.75, 3.05) is 5.32 Å². The second-order valence-corrected chi connectivity index (χ2v) is 10.5. The number of nitrogens with one attached hydrogen (secondary N) is 1. The summed E-state index contributed by atoms with van der Waals surface area (Å²) in [6.07, 6.45) is 9.52. The first-order valence-corrected chi connectivity index (χ1v) is 13.2. The van der Waals surface area contributed by atoms with Crippen molar-refractivity contribution >= 4 is 51.0 Å². The molecule has 7 heteroatoms. The molecule has 0 aliphatic heterocycles. The molecule has 5 aromatic rings. The van der Waals surface area contributed by atoms with Crippen LogP contribution in [0.4, 0.5) is 5.82 Å². The Morgan fingerprint density at radius 3 is 2.64 bits per heavy atom. The number of hydrogen-bond donors (Lipinski definition) is 1. The fourth-order valence-electron chi connectivity index (χ4n) is 5.38. The standard InChI is InChI=1S/C29H27Cl2N5/c30-23-9-4-21(5-10-23)17-32-27-12-8-22-7-3-20(16-26(22)35-27)2-1-19-6-11-24(15-19)36-14-13-25-28(31)33-18-34-29(25)36/h3-5,7-10,12-14,16,18-19,24H,1-2,6,11,15,17H2,(H,32,35)/t19-,24+/m1/s1. The lowest BCUT2D eigenvalue weighted by Crippen LogP contribution is -2.06. The predicted molar refractivity (Wildman–Crippen MR) is 148 cm³/mol. The SMILES string of the molecule is Clc1ccc(CNc2ccc3ccc(CC[C@@H]4CC[C@H](n5ccc6c(Cl)ncnc65)C4)cc3n2)cc1. The minimum Gasteiger partial charge on any atom is -0.366 e. The van der Waals surface area contributed by atoms with Gasteiger partial charge in [-0.05, 0) is 85.5 Å². The summed E-state index contributed by atoms with van der Waals surface area (Å²) in [4.78, 5) is 13.5. The highest BCUT2D eigenvalue weighted by atomic mass is 35.5. The summed E-state index contributed by atoms with van der Waals surface area (Å²) in [6, 6.07) is 21.3. The van der Waals surface area contributed by atoms with Crippen LogP contribution in [0, 0.1) is 5.92 Å². The quantitative estimate of drug-likeness (QED) is 0.224. The first-order chi connectivity index (χ1) is 17.6. The van der Waals surface area contributed by atoms with E-state index in [4.69, 9.17) is 28.2 Å². The zero-order chi connectivity index (χ0) is 24.5. The normalized spacial score (nSPS) is 17.7. The number of aromatic nitrogens is 4. The van der Waals surface area contributed by atoms with Crippen molar-refractivity contribution in [2.24, 2.45) is 5.92 Å². The summed E-state index contributed by atoms with van der Waals surface area (Å²) < 4.78 is 2.29. The number of rotatable bonds is 7. The molecule has 0 radical (unpaired) electrons. The van der Waals surface area contributed by atoms with Crippen molar-refractivity contribution in [2.45, 2.75) is 44.7 Å². The molecule has 3 heterocycles. The fraction of sp³-hybridized carbons (Fsp3) is 0.276. The topological polar surface area (TPSA) is 55.6 Å². The van der Waals surface area contributed by atoms with Crippen LogP contribution in [0.15, 0.2) is 73.2 Å². The van der Waals surface area contributed by atoms with Gasteiger partial charge in [-0.25, -0.2) is 15.0 Å². The Morgan fingerprint density at radius 2 is 1.75 bits per heavy atom. The van der Waals surface area contributed by atoms with Crippen LogP contribution in [0.3, 0.4) is 0 Å². The minimum absolute atomic E-state index is 0.478. The van der Waals surface area contributed by atoms with Gasteiger partial charge in [-0.2, -0.15) is 0 Å². The summed E-state index contributed by atoms with van der Waals surface area (Å²) in [5.74, 6) is 1.59. The fourth-order valence-corrected chi connectivity index (χ4v) is 5.70. The Balaban J connectivity index is 1.09. The van der Waals surface area contributed by atoms with Crippen LogP contribution < -0.4 is 5.32 Å². The molecule has 182 valence electrons. The van der Waals surface area contributed by atoms with E-state index in [2.05, 4.69) is 50.3 Å². The number of nitrogens with zero attached hydrogens (tertiary/aromatic N) is 4. The largest absolute Gasteiger partial charge is 0.366 e. The molecule has 1 aliphatic carbocycles. The minimum atomic E-state index is 0.478. The first kappa shape index (κ1) is 23.3. The van der Waals surface area contributed by atoms with E-state index in [-0.39, 0.29) is 0 Å². The van der Waals surface area contributed by atoms with Gasteiger partial charge in [-0.1, -0.05) is 47.5 Å². The predicted octanol–water partition coefficient (Wildman–Crippen LogP) is 7.87. The van der Waals surface area contributed by atoms with Crippen molar-refractivity contribution in [3.63, 3.8) is 0 Å². The molecule has 1 saturated carbocycles. The Morgan fingerprint density at radius 1 is 0.917 bits per heavy atom. The molecule has 2 atom stereocenters. The van der Waals surface area contributed by atoms with Crippen LogP contribution in [0.2, 0.25) is 10.2 Å². The molecule has 3 aromatic heterocycles. The highest BCUT2D eigenvalue weighted by Gasteiger charge is 2.27. The molecular weight excluding hydrogens is 489 g/mol. The van der Waals surface area contributed by atoms with Crippen LogP contribution in [-0.4, -0.2) is 19.5 Å². The van der Waals surface area contributed by atoms with E-state index >= 15 is 0 Å². The summed E-state index contributed by atoms with van der Waals surface area (Å²) >= 11 is 12.2. The van der Waals surface area contributed by atoms with E-state index in [1.165, 1.54) is 36.8 Å². The number of halogens is 2. The summed E-state index contributed by atoms with van der Waals surface area (Å²) in [7, 11) is 0. The second kappa shape index (κ2) is 10.1. The lowest BCUT2D eigenvalue weighted by molar-refractivity contribution is 0.461. The van der Waals surface area contributed by atoms with Gasteiger partial charge in [-0.3, -0.25) is 0 Å². The number of hydrogen-bond acceptors (Lipinski definition) is 4. The molecule has 1 aliphatic rings. The molecule has 0 amide bonds. The Hall–Kier alpha value is -3.15. The van der Waals surface area contributed by atoms with Crippen molar-refractivity contribution in [3.8, 4) is 0 Å². The third kappa shape index (κ3) is 4.91. The average molecular weight is 516 g/mol. The molecular formula is C29H27Cl2N5. The molecule has 1 fully saturated rings. The zero-order valence-electron chi connectivity index (χ0n) is 19.9. The highest BCUT2D eigenvalue weighted by molar-refractivity contribution is 6.33. The molecule has 6 rings (SSSR count). The number of fused-ring (bicyclic) bond motifs is 2. The van der Waals surface area contributed by atoms with Gasteiger partial charge in [0.15, 0.2) is 0 Å². The van der Waals surface area contributed by atoms with Crippen molar-refractivity contribution in [1.29, 1.82) is 0 Å². The van der Waals surface area contributed by atoms with Gasteiger partial charge in [0, 0.05) is 29.2 Å². The number of anilines is 1. The Labute approximate surface area is 220 Å². The van der Waals surface area contributed by atoms with Crippen LogP contribution in [-0.2, 0) is 13.0 Å². The molecule has 0 spiro atoms. The maximum Gasteiger partial charge on any atom is 0.145 e.